The van der Waals surface area contributed by atoms with Crippen LogP contribution in [0, 0.1) is 9.39 Å². The zero-order valence-corrected chi connectivity index (χ0v) is 23.2. The first-order valence-electron chi connectivity index (χ1n) is 10.3. The van der Waals surface area contributed by atoms with Crippen molar-refractivity contribution in [1.29, 1.82) is 0 Å². The number of benzene rings is 3. The summed E-state index contributed by atoms with van der Waals surface area (Å²) >= 11 is 13.6. The summed E-state index contributed by atoms with van der Waals surface area (Å²) in [5, 5.41) is 0.989. The first-order valence-corrected chi connectivity index (χ1v) is 13.3. The maximum atomic E-state index is 13.2. The molecule has 9 heteroatoms. The van der Waals surface area contributed by atoms with Gasteiger partial charge in [-0.3, -0.25) is 9.69 Å². The van der Waals surface area contributed by atoms with Gasteiger partial charge in [-0.05, 0) is 123 Å². The Morgan fingerprint density at radius 3 is 2.53 bits per heavy atom. The lowest BCUT2D eigenvalue weighted by atomic mass is 10.2. The molecule has 1 fully saturated rings. The van der Waals surface area contributed by atoms with Crippen molar-refractivity contribution in [1.82, 2.24) is 4.90 Å². The third kappa shape index (κ3) is 6.02. The maximum absolute atomic E-state index is 13.2. The van der Waals surface area contributed by atoms with E-state index in [0.717, 1.165) is 14.7 Å². The van der Waals surface area contributed by atoms with Crippen molar-refractivity contribution in [2.75, 3.05) is 6.54 Å². The van der Waals surface area contributed by atoms with Gasteiger partial charge in [0.25, 0.3) is 5.91 Å². The van der Waals surface area contributed by atoms with E-state index in [2.05, 4.69) is 43.5 Å². The molecule has 0 bridgehead atoms. The van der Waals surface area contributed by atoms with E-state index in [1.165, 1.54) is 23.9 Å². The minimum Gasteiger partial charge on any atom is -0.486 e. The fourth-order valence-electron chi connectivity index (χ4n) is 3.18. The number of hydrogen-bond acceptors (Lipinski definition) is 4. The van der Waals surface area contributed by atoms with Gasteiger partial charge in [-0.25, -0.2) is 9.38 Å². The summed E-state index contributed by atoms with van der Waals surface area (Å²) in [7, 11) is 0. The number of aliphatic imine (C=N–C) groups is 1. The van der Waals surface area contributed by atoms with Gasteiger partial charge < -0.3 is 4.74 Å². The van der Waals surface area contributed by atoms with Crippen molar-refractivity contribution in [3.8, 4) is 5.75 Å². The van der Waals surface area contributed by atoms with Gasteiger partial charge in [0.1, 0.15) is 12.4 Å². The van der Waals surface area contributed by atoms with Crippen molar-refractivity contribution in [2.45, 2.75) is 13.5 Å². The van der Waals surface area contributed by atoms with Crippen molar-refractivity contribution in [2.24, 2.45) is 4.99 Å². The minimum absolute atomic E-state index is 0.139. The summed E-state index contributed by atoms with van der Waals surface area (Å²) in [6.45, 7) is 2.74. The molecule has 0 aromatic heterocycles. The Morgan fingerprint density at radius 1 is 1.18 bits per heavy atom. The van der Waals surface area contributed by atoms with Gasteiger partial charge in [0, 0.05) is 10.1 Å². The van der Waals surface area contributed by atoms with Crippen LogP contribution in [0.4, 0.5) is 10.1 Å². The number of hydrogen-bond donors (Lipinski definition) is 0. The second kappa shape index (κ2) is 11.2. The molecule has 3 aromatic carbocycles. The monoisotopic (exact) mass is 670 g/mol. The highest BCUT2D eigenvalue weighted by molar-refractivity contribution is 14.1. The number of ether oxygens (including phenoxy) is 1. The van der Waals surface area contributed by atoms with E-state index in [0.29, 0.717) is 44.2 Å². The van der Waals surface area contributed by atoms with Gasteiger partial charge in [-0.15, -0.1) is 0 Å². The molecule has 174 valence electrons. The van der Waals surface area contributed by atoms with Crippen LogP contribution in [-0.4, -0.2) is 22.5 Å². The van der Waals surface area contributed by atoms with Crippen molar-refractivity contribution >= 4 is 84.7 Å². The van der Waals surface area contributed by atoms with E-state index < -0.39 is 0 Å². The molecule has 0 N–H and O–H groups in total. The highest BCUT2D eigenvalue weighted by atomic mass is 127. The molecule has 4 nitrogen and oxygen atoms in total. The van der Waals surface area contributed by atoms with Crippen LogP contribution in [0.1, 0.15) is 18.1 Å². The van der Waals surface area contributed by atoms with Crippen LogP contribution in [0.5, 0.6) is 5.75 Å². The van der Waals surface area contributed by atoms with E-state index >= 15 is 0 Å². The Bertz CT molecular complexity index is 1260. The summed E-state index contributed by atoms with van der Waals surface area (Å²) in [6, 6.07) is 17.5. The fraction of sp³-hybridized carbons (Fsp3) is 0.120. The van der Waals surface area contributed by atoms with Gasteiger partial charge >= 0.3 is 0 Å². The SMILES string of the molecule is CCN1C(=O)/C(=C\c2cc(Cl)c(OCc3ccc(I)cc3)c(Br)c2)SC1=Nc1ccc(F)cc1. The molecule has 0 unspecified atom stereocenters. The van der Waals surface area contributed by atoms with E-state index in [1.807, 2.05) is 37.3 Å². The minimum atomic E-state index is -0.333. The molecule has 1 aliphatic heterocycles. The van der Waals surface area contributed by atoms with Crippen LogP contribution in [-0.2, 0) is 11.4 Å². The second-order valence-electron chi connectivity index (χ2n) is 7.26. The maximum Gasteiger partial charge on any atom is 0.266 e. The van der Waals surface area contributed by atoms with E-state index in [9.17, 15) is 9.18 Å². The Morgan fingerprint density at radius 2 is 1.88 bits per heavy atom. The highest BCUT2D eigenvalue weighted by Crippen LogP contribution is 2.38. The quantitative estimate of drug-likeness (QED) is 0.197. The number of likely N-dealkylation sites (N-methyl/N-ethyl adjacent to an activating group) is 1. The van der Waals surface area contributed by atoms with Crippen molar-refractivity contribution < 1.29 is 13.9 Å². The topological polar surface area (TPSA) is 41.9 Å². The van der Waals surface area contributed by atoms with Crippen molar-refractivity contribution in [3.63, 3.8) is 0 Å². The second-order valence-corrected chi connectivity index (χ2v) is 10.8. The van der Waals surface area contributed by atoms with E-state index in [4.69, 9.17) is 16.3 Å². The van der Waals surface area contributed by atoms with Crippen LogP contribution in [0.25, 0.3) is 6.08 Å². The van der Waals surface area contributed by atoms with Crippen LogP contribution in [0.3, 0.4) is 0 Å². The lowest BCUT2D eigenvalue weighted by Gasteiger charge is -2.12. The zero-order valence-electron chi connectivity index (χ0n) is 17.9. The Balaban J connectivity index is 1.55. The van der Waals surface area contributed by atoms with Gasteiger partial charge in [0.05, 0.1) is 20.1 Å². The highest BCUT2D eigenvalue weighted by Gasteiger charge is 2.32. The molecule has 3 aromatic rings. The molecule has 0 saturated carbocycles. The summed E-state index contributed by atoms with van der Waals surface area (Å²) in [4.78, 5) is 19.6. The molecule has 0 radical (unpaired) electrons. The number of amidine groups is 1. The molecular formula is C25H18BrClFIN2O2S. The summed E-state index contributed by atoms with van der Waals surface area (Å²) in [6.07, 6.45) is 1.78. The predicted molar refractivity (Wildman–Crippen MR) is 149 cm³/mol. The van der Waals surface area contributed by atoms with Gasteiger partial charge in [0.15, 0.2) is 10.9 Å². The van der Waals surface area contributed by atoms with Crippen LogP contribution < -0.4 is 4.74 Å². The van der Waals surface area contributed by atoms with Crippen LogP contribution in [0.15, 0.2) is 75.0 Å². The lowest BCUT2D eigenvalue weighted by molar-refractivity contribution is -0.122. The molecule has 1 heterocycles. The molecule has 0 spiro atoms. The summed E-state index contributed by atoms with van der Waals surface area (Å²) in [5.74, 6) is 0.0709. The molecule has 1 amide bonds. The average molecular weight is 672 g/mol. The Hall–Kier alpha value is -1.88. The van der Waals surface area contributed by atoms with E-state index in [1.54, 1.807) is 29.2 Å². The van der Waals surface area contributed by atoms with Gasteiger partial charge in [-0.2, -0.15) is 0 Å². The largest absolute Gasteiger partial charge is 0.486 e. The normalized spacial score (nSPS) is 16.0. The number of thioether (sulfide) groups is 1. The number of nitrogens with zero attached hydrogens (tertiary/aromatic N) is 2. The number of carbonyl (C=O) groups excluding carboxylic acids is 1. The number of amides is 1. The summed E-state index contributed by atoms with van der Waals surface area (Å²) in [5.41, 5.74) is 2.38. The van der Waals surface area contributed by atoms with Gasteiger partial charge in [0.2, 0.25) is 0 Å². The molecular weight excluding hydrogens is 654 g/mol. The molecule has 4 rings (SSSR count). The number of halogens is 4. The number of carbonyl (C=O) groups is 1. The smallest absolute Gasteiger partial charge is 0.266 e. The third-order valence-corrected chi connectivity index (χ3v) is 7.47. The first kappa shape index (κ1) is 25.2. The molecule has 0 aliphatic carbocycles. The Kier molecular flexibility index (Phi) is 8.34. The standard InChI is InChI=1S/C25H18BrClFIN2O2S/c1-2-31-24(32)22(34-25(31)30-19-9-5-17(28)6-10-19)13-16-11-20(26)23(21(27)12-16)33-14-15-3-7-18(29)8-4-15/h3-13H,2,14H2,1H3/b22-13+,30-25?. The van der Waals surface area contributed by atoms with Crippen LogP contribution >= 0.6 is 61.9 Å². The molecule has 34 heavy (non-hydrogen) atoms. The third-order valence-electron chi connectivity index (χ3n) is 4.87. The van der Waals surface area contributed by atoms with Crippen LogP contribution in [0.2, 0.25) is 5.02 Å². The molecule has 1 aliphatic rings. The lowest BCUT2D eigenvalue weighted by Crippen LogP contribution is -2.28. The zero-order chi connectivity index (χ0) is 24.2. The van der Waals surface area contributed by atoms with Gasteiger partial charge in [-0.1, -0.05) is 23.7 Å². The van der Waals surface area contributed by atoms with E-state index in [-0.39, 0.29) is 11.7 Å². The Labute approximate surface area is 228 Å². The number of rotatable bonds is 6. The fourth-order valence-corrected chi connectivity index (χ4v) is 5.60. The average Bonchev–Trinajstić information content (AvgIpc) is 3.09. The molecule has 1 saturated heterocycles. The predicted octanol–water partition coefficient (Wildman–Crippen LogP) is 8.05. The van der Waals surface area contributed by atoms with Crippen molar-refractivity contribution in [3.05, 3.63) is 95.6 Å². The summed E-state index contributed by atoms with van der Waals surface area (Å²) < 4.78 is 21.0. The molecule has 0 atom stereocenters. The first-order chi connectivity index (χ1) is 16.3.